The van der Waals surface area contributed by atoms with Gasteiger partial charge in [0.25, 0.3) is 11.2 Å². The summed E-state index contributed by atoms with van der Waals surface area (Å²) in [6.07, 6.45) is 1.60. The maximum Gasteiger partial charge on any atom is 0.338 e. The van der Waals surface area contributed by atoms with Gasteiger partial charge in [-0.3, -0.25) is 19.5 Å². The summed E-state index contributed by atoms with van der Waals surface area (Å²) >= 11 is 1.17. The zero-order valence-corrected chi connectivity index (χ0v) is 18.2. The number of benzene rings is 2. The minimum atomic E-state index is -0.682. The van der Waals surface area contributed by atoms with Gasteiger partial charge in [-0.05, 0) is 31.1 Å². The number of nitro benzene ring substituents is 1. The number of thiazole rings is 1. The average Bonchev–Trinajstić information content (AvgIpc) is 3.08. The second-order valence-electron chi connectivity index (χ2n) is 7.07. The highest BCUT2D eigenvalue weighted by atomic mass is 32.1. The van der Waals surface area contributed by atoms with Crippen LogP contribution in [0.4, 0.5) is 5.69 Å². The lowest BCUT2D eigenvalue weighted by atomic mass is 9.96. The summed E-state index contributed by atoms with van der Waals surface area (Å²) < 4.78 is 7.11. The zero-order chi connectivity index (χ0) is 22.8. The Morgan fingerprint density at radius 2 is 2.00 bits per heavy atom. The predicted molar refractivity (Wildman–Crippen MR) is 120 cm³/mol. The topological polar surface area (TPSA) is 104 Å². The molecule has 0 unspecified atom stereocenters. The van der Waals surface area contributed by atoms with E-state index in [2.05, 4.69) is 4.99 Å². The minimum absolute atomic E-state index is 0.0610. The highest BCUT2D eigenvalue weighted by Crippen LogP contribution is 2.30. The van der Waals surface area contributed by atoms with Gasteiger partial charge in [-0.15, -0.1) is 0 Å². The van der Waals surface area contributed by atoms with Crippen molar-refractivity contribution in [2.75, 3.05) is 6.61 Å². The van der Waals surface area contributed by atoms with E-state index < -0.39 is 16.9 Å². The monoisotopic (exact) mass is 449 g/mol. The number of aromatic nitrogens is 1. The average molecular weight is 449 g/mol. The summed E-state index contributed by atoms with van der Waals surface area (Å²) in [7, 11) is 0. The molecule has 1 aliphatic heterocycles. The number of allylic oxidation sites excluding steroid dienone is 1. The van der Waals surface area contributed by atoms with Crippen LogP contribution in [0, 0.1) is 10.1 Å². The molecule has 0 radical (unpaired) electrons. The van der Waals surface area contributed by atoms with Crippen molar-refractivity contribution in [2.24, 2.45) is 4.99 Å². The summed E-state index contributed by atoms with van der Waals surface area (Å²) in [5.74, 6) is -0.518. The first-order valence-corrected chi connectivity index (χ1v) is 10.7. The fraction of sp³-hybridized carbons (Fsp3) is 0.174. The van der Waals surface area contributed by atoms with E-state index in [-0.39, 0.29) is 17.9 Å². The van der Waals surface area contributed by atoms with E-state index in [0.717, 1.165) is 5.56 Å². The molecule has 0 fully saturated rings. The van der Waals surface area contributed by atoms with Crippen molar-refractivity contribution in [1.82, 2.24) is 4.57 Å². The maximum absolute atomic E-state index is 13.4. The second kappa shape index (κ2) is 8.72. The van der Waals surface area contributed by atoms with Gasteiger partial charge >= 0.3 is 5.97 Å². The molecule has 9 heteroatoms. The highest BCUT2D eigenvalue weighted by molar-refractivity contribution is 7.07. The first-order valence-electron chi connectivity index (χ1n) is 9.89. The van der Waals surface area contributed by atoms with Crippen molar-refractivity contribution < 1.29 is 14.5 Å². The Hall–Kier alpha value is -3.85. The molecular weight excluding hydrogens is 430 g/mol. The number of fused-ring (bicyclic) bond motifs is 1. The van der Waals surface area contributed by atoms with Gasteiger partial charge in [0.1, 0.15) is 0 Å². The van der Waals surface area contributed by atoms with Crippen molar-refractivity contribution in [3.63, 3.8) is 0 Å². The van der Waals surface area contributed by atoms with E-state index in [4.69, 9.17) is 4.74 Å². The number of nitrogens with zero attached hydrogens (tertiary/aromatic N) is 3. The Kier molecular flexibility index (Phi) is 5.83. The van der Waals surface area contributed by atoms with E-state index in [0.29, 0.717) is 26.2 Å². The predicted octanol–water partition coefficient (Wildman–Crippen LogP) is 2.71. The van der Waals surface area contributed by atoms with Gasteiger partial charge in [-0.2, -0.15) is 0 Å². The summed E-state index contributed by atoms with van der Waals surface area (Å²) in [6, 6.07) is 14.6. The summed E-state index contributed by atoms with van der Waals surface area (Å²) in [6.45, 7) is 3.65. The van der Waals surface area contributed by atoms with Gasteiger partial charge in [0, 0.05) is 12.1 Å². The molecule has 0 bridgehead atoms. The van der Waals surface area contributed by atoms with E-state index in [1.54, 1.807) is 32.1 Å². The van der Waals surface area contributed by atoms with Crippen LogP contribution in [0.25, 0.3) is 6.08 Å². The summed E-state index contributed by atoms with van der Waals surface area (Å²) in [4.78, 5) is 41.8. The van der Waals surface area contributed by atoms with Crippen LogP contribution in [0.5, 0.6) is 0 Å². The van der Waals surface area contributed by atoms with Crippen LogP contribution in [-0.4, -0.2) is 22.1 Å². The van der Waals surface area contributed by atoms with Crippen molar-refractivity contribution in [1.29, 1.82) is 0 Å². The van der Waals surface area contributed by atoms with Gasteiger partial charge in [-0.1, -0.05) is 53.8 Å². The summed E-state index contributed by atoms with van der Waals surface area (Å²) in [5, 5.41) is 11.1. The Bertz CT molecular complexity index is 1420. The molecule has 3 aromatic rings. The number of hydrogen-bond donors (Lipinski definition) is 0. The molecular formula is C23H19N3O5S. The van der Waals surface area contributed by atoms with E-state index in [1.807, 2.05) is 30.3 Å². The molecule has 1 atom stereocenters. The van der Waals surface area contributed by atoms with Crippen LogP contribution < -0.4 is 14.9 Å². The van der Waals surface area contributed by atoms with Crippen LogP contribution in [0.1, 0.15) is 31.0 Å². The molecule has 0 N–H and O–H groups in total. The fourth-order valence-corrected chi connectivity index (χ4v) is 4.67. The Morgan fingerprint density at radius 1 is 1.25 bits per heavy atom. The molecule has 0 aliphatic carbocycles. The minimum Gasteiger partial charge on any atom is -0.463 e. The number of carbonyl (C=O) groups is 1. The molecule has 0 saturated carbocycles. The van der Waals surface area contributed by atoms with Gasteiger partial charge in [0.15, 0.2) is 4.80 Å². The van der Waals surface area contributed by atoms with Crippen molar-refractivity contribution in [3.8, 4) is 0 Å². The van der Waals surface area contributed by atoms with E-state index in [9.17, 15) is 19.7 Å². The number of nitro groups is 1. The van der Waals surface area contributed by atoms with Crippen molar-refractivity contribution in [2.45, 2.75) is 19.9 Å². The van der Waals surface area contributed by atoms with Crippen molar-refractivity contribution >= 4 is 29.1 Å². The Morgan fingerprint density at radius 3 is 2.69 bits per heavy atom. The highest BCUT2D eigenvalue weighted by Gasteiger charge is 2.33. The molecule has 2 aromatic carbocycles. The molecule has 32 heavy (non-hydrogen) atoms. The first-order chi connectivity index (χ1) is 15.4. The first kappa shape index (κ1) is 21.4. The van der Waals surface area contributed by atoms with Gasteiger partial charge in [0.05, 0.1) is 33.4 Å². The standard InChI is InChI=1S/C23H19N3O5S/c1-3-31-22(28)19-14(2)24-23-25(20(19)16-9-5-4-6-10-16)21(27)18(32-23)13-15-8-7-11-17(12-15)26(29)30/h4-13,20H,3H2,1-2H3/b18-13-/t20-/m0/s1. The fourth-order valence-electron chi connectivity index (χ4n) is 3.62. The van der Waals surface area contributed by atoms with Gasteiger partial charge < -0.3 is 4.74 Å². The number of carbonyl (C=O) groups excluding carboxylic acids is 1. The van der Waals surface area contributed by atoms with E-state index >= 15 is 0 Å². The van der Waals surface area contributed by atoms with Crippen LogP contribution >= 0.6 is 11.3 Å². The normalized spacial score (nSPS) is 15.8. The lowest BCUT2D eigenvalue weighted by molar-refractivity contribution is -0.384. The molecule has 2 heterocycles. The third-order valence-electron chi connectivity index (χ3n) is 5.01. The lowest BCUT2D eigenvalue weighted by Crippen LogP contribution is -2.39. The second-order valence-corrected chi connectivity index (χ2v) is 8.07. The zero-order valence-electron chi connectivity index (χ0n) is 17.3. The molecule has 0 saturated heterocycles. The van der Waals surface area contributed by atoms with Gasteiger partial charge in [0.2, 0.25) is 0 Å². The number of esters is 1. The summed E-state index contributed by atoms with van der Waals surface area (Å²) in [5.41, 5.74) is 1.69. The molecule has 8 nitrogen and oxygen atoms in total. The van der Waals surface area contributed by atoms with Crippen LogP contribution in [0.3, 0.4) is 0 Å². The molecule has 0 amide bonds. The van der Waals surface area contributed by atoms with E-state index in [1.165, 1.54) is 28.0 Å². The molecule has 1 aliphatic rings. The number of non-ortho nitro benzene ring substituents is 1. The molecule has 162 valence electrons. The quantitative estimate of drug-likeness (QED) is 0.338. The number of ether oxygens (including phenoxy) is 1. The van der Waals surface area contributed by atoms with Crippen molar-refractivity contribution in [3.05, 3.63) is 107 Å². The number of rotatable bonds is 5. The molecule has 0 spiro atoms. The van der Waals surface area contributed by atoms with Crippen LogP contribution in [0.15, 0.2) is 75.7 Å². The SMILES string of the molecule is CCOC(=O)C1=C(C)N=c2s/c(=C\c3cccc([N+](=O)[O-])c3)c(=O)n2[C@H]1c1ccccc1. The van der Waals surface area contributed by atoms with Crippen LogP contribution in [-0.2, 0) is 9.53 Å². The third kappa shape index (κ3) is 3.90. The Balaban J connectivity index is 1.94. The molecule has 1 aromatic heterocycles. The van der Waals surface area contributed by atoms with Gasteiger partial charge in [-0.25, -0.2) is 9.79 Å². The smallest absolute Gasteiger partial charge is 0.338 e. The third-order valence-corrected chi connectivity index (χ3v) is 5.99. The lowest BCUT2D eigenvalue weighted by Gasteiger charge is -2.24. The largest absolute Gasteiger partial charge is 0.463 e. The maximum atomic E-state index is 13.4. The Labute approximate surface area is 186 Å². The molecule has 4 rings (SSSR count). The van der Waals surface area contributed by atoms with Crippen LogP contribution in [0.2, 0.25) is 0 Å². The number of hydrogen-bond acceptors (Lipinski definition) is 7.